The van der Waals surface area contributed by atoms with E-state index in [4.69, 9.17) is 11.6 Å². The minimum absolute atomic E-state index is 0.0254. The Kier molecular flexibility index (Phi) is 5.16. The summed E-state index contributed by atoms with van der Waals surface area (Å²) in [7, 11) is 0. The molecule has 1 nitrogen and oxygen atoms in total. The Morgan fingerprint density at radius 3 is 2.44 bits per heavy atom. The second-order valence-corrected chi connectivity index (χ2v) is 4.11. The Hall–Kier alpha value is -0.670. The SMILES string of the molecule is CCCNC(CC)c1cc(F)c(F)cc1Cl. The van der Waals surface area contributed by atoms with Crippen molar-refractivity contribution >= 4 is 11.6 Å². The Morgan fingerprint density at radius 2 is 1.88 bits per heavy atom. The zero-order chi connectivity index (χ0) is 12.1. The van der Waals surface area contributed by atoms with E-state index in [0.717, 1.165) is 25.5 Å². The van der Waals surface area contributed by atoms with Gasteiger partial charge in [-0.25, -0.2) is 8.78 Å². The predicted molar refractivity (Wildman–Crippen MR) is 62.7 cm³/mol. The second kappa shape index (κ2) is 6.16. The minimum atomic E-state index is -0.904. The standard InChI is InChI=1S/C12H16ClF2N/c1-3-5-16-12(4-2)8-6-10(14)11(15)7-9(8)13/h6-7,12,16H,3-5H2,1-2H3. The number of hydrogen-bond acceptors (Lipinski definition) is 1. The normalized spacial score (nSPS) is 12.8. The fourth-order valence-corrected chi connectivity index (χ4v) is 1.88. The van der Waals surface area contributed by atoms with Crippen LogP contribution in [0.3, 0.4) is 0 Å². The smallest absolute Gasteiger partial charge is 0.160 e. The summed E-state index contributed by atoms with van der Waals surface area (Å²) in [5, 5.41) is 3.52. The Morgan fingerprint density at radius 1 is 1.25 bits per heavy atom. The number of rotatable bonds is 5. The van der Waals surface area contributed by atoms with Crippen molar-refractivity contribution in [2.45, 2.75) is 32.7 Å². The van der Waals surface area contributed by atoms with Crippen molar-refractivity contribution in [3.8, 4) is 0 Å². The third kappa shape index (κ3) is 3.16. The first-order valence-corrected chi connectivity index (χ1v) is 5.85. The fraction of sp³-hybridized carbons (Fsp3) is 0.500. The van der Waals surface area contributed by atoms with Gasteiger partial charge in [0, 0.05) is 11.1 Å². The first-order chi connectivity index (χ1) is 7.60. The van der Waals surface area contributed by atoms with Gasteiger partial charge < -0.3 is 5.32 Å². The van der Waals surface area contributed by atoms with Crippen LogP contribution in [0.15, 0.2) is 12.1 Å². The molecule has 4 heteroatoms. The second-order valence-electron chi connectivity index (χ2n) is 3.70. The molecule has 0 radical (unpaired) electrons. The Bertz CT molecular complexity index is 355. The van der Waals surface area contributed by atoms with Crippen LogP contribution < -0.4 is 5.32 Å². The summed E-state index contributed by atoms with van der Waals surface area (Å²) in [6.45, 7) is 4.85. The number of nitrogens with one attached hydrogen (secondary N) is 1. The van der Waals surface area contributed by atoms with Gasteiger partial charge in [0.2, 0.25) is 0 Å². The summed E-state index contributed by atoms with van der Waals surface area (Å²) in [5.41, 5.74) is 0.622. The fourth-order valence-electron chi connectivity index (χ4n) is 1.60. The van der Waals surface area contributed by atoms with E-state index in [-0.39, 0.29) is 11.1 Å². The van der Waals surface area contributed by atoms with Crippen LogP contribution in [0.4, 0.5) is 8.78 Å². The molecule has 0 aliphatic rings. The summed E-state index contributed by atoms with van der Waals surface area (Å²) >= 11 is 5.91. The molecule has 0 heterocycles. The van der Waals surface area contributed by atoms with Gasteiger partial charge in [0.05, 0.1) is 0 Å². The van der Waals surface area contributed by atoms with Crippen LogP contribution >= 0.6 is 11.6 Å². The molecule has 0 saturated carbocycles. The lowest BCUT2D eigenvalue weighted by Gasteiger charge is -2.18. The van der Waals surface area contributed by atoms with Gasteiger partial charge in [-0.15, -0.1) is 0 Å². The highest BCUT2D eigenvalue weighted by Gasteiger charge is 2.15. The Labute approximate surface area is 99.8 Å². The van der Waals surface area contributed by atoms with Crippen LogP contribution in [0.25, 0.3) is 0 Å². The zero-order valence-electron chi connectivity index (χ0n) is 9.49. The summed E-state index contributed by atoms with van der Waals surface area (Å²) in [6, 6.07) is 2.18. The van der Waals surface area contributed by atoms with Gasteiger partial charge >= 0.3 is 0 Å². The molecule has 0 fully saturated rings. The van der Waals surface area contributed by atoms with Gasteiger partial charge in [-0.2, -0.15) is 0 Å². The quantitative estimate of drug-likeness (QED) is 0.774. The average molecular weight is 248 g/mol. The first kappa shape index (κ1) is 13.4. The van der Waals surface area contributed by atoms with Crippen molar-refractivity contribution in [3.05, 3.63) is 34.4 Å². The highest BCUT2D eigenvalue weighted by Crippen LogP contribution is 2.27. The Balaban J connectivity index is 2.95. The number of benzene rings is 1. The average Bonchev–Trinajstić information content (AvgIpc) is 2.26. The van der Waals surface area contributed by atoms with E-state index < -0.39 is 11.6 Å². The highest BCUT2D eigenvalue weighted by molar-refractivity contribution is 6.31. The molecule has 1 N–H and O–H groups in total. The molecule has 0 spiro atoms. The van der Waals surface area contributed by atoms with Crippen molar-refractivity contribution in [2.24, 2.45) is 0 Å². The number of halogens is 3. The molecule has 0 aliphatic heterocycles. The lowest BCUT2D eigenvalue weighted by molar-refractivity contribution is 0.490. The minimum Gasteiger partial charge on any atom is -0.310 e. The molecule has 0 aromatic heterocycles. The molecule has 0 amide bonds. The van der Waals surface area contributed by atoms with E-state index in [1.54, 1.807) is 0 Å². The molecule has 0 aliphatic carbocycles. The maximum atomic E-state index is 13.1. The van der Waals surface area contributed by atoms with E-state index in [2.05, 4.69) is 5.32 Å². The van der Waals surface area contributed by atoms with Gasteiger partial charge in [-0.05, 0) is 37.1 Å². The molecule has 0 saturated heterocycles. The molecular formula is C12H16ClF2N. The zero-order valence-corrected chi connectivity index (χ0v) is 10.2. The van der Waals surface area contributed by atoms with Crippen LogP contribution in [0.1, 0.15) is 38.3 Å². The highest BCUT2D eigenvalue weighted by atomic mass is 35.5. The number of hydrogen-bond donors (Lipinski definition) is 1. The molecule has 16 heavy (non-hydrogen) atoms. The summed E-state index contributed by atoms with van der Waals surface area (Å²) in [4.78, 5) is 0. The van der Waals surface area contributed by atoms with Crippen LogP contribution in [0.2, 0.25) is 5.02 Å². The lowest BCUT2D eigenvalue weighted by atomic mass is 10.0. The van der Waals surface area contributed by atoms with Crippen molar-refractivity contribution in [1.29, 1.82) is 0 Å². The third-order valence-electron chi connectivity index (χ3n) is 2.46. The van der Waals surface area contributed by atoms with Gasteiger partial charge in [0.1, 0.15) is 0 Å². The maximum absolute atomic E-state index is 13.1. The summed E-state index contributed by atoms with van der Waals surface area (Å²) in [5.74, 6) is -1.75. The van der Waals surface area contributed by atoms with Gasteiger partial charge in [-0.1, -0.05) is 25.4 Å². The largest absolute Gasteiger partial charge is 0.310 e. The molecule has 1 aromatic carbocycles. The maximum Gasteiger partial charge on any atom is 0.160 e. The van der Waals surface area contributed by atoms with E-state index in [1.165, 1.54) is 6.07 Å². The topological polar surface area (TPSA) is 12.0 Å². The summed E-state index contributed by atoms with van der Waals surface area (Å²) in [6.07, 6.45) is 1.77. The third-order valence-corrected chi connectivity index (χ3v) is 2.79. The van der Waals surface area contributed by atoms with E-state index in [0.29, 0.717) is 5.56 Å². The van der Waals surface area contributed by atoms with Crippen molar-refractivity contribution < 1.29 is 8.78 Å². The molecule has 1 atom stereocenters. The van der Waals surface area contributed by atoms with E-state index in [9.17, 15) is 8.78 Å². The van der Waals surface area contributed by atoms with Crippen LogP contribution in [0.5, 0.6) is 0 Å². The van der Waals surface area contributed by atoms with E-state index in [1.807, 2.05) is 13.8 Å². The van der Waals surface area contributed by atoms with Gasteiger partial charge in [0.15, 0.2) is 11.6 Å². The molecular weight excluding hydrogens is 232 g/mol. The van der Waals surface area contributed by atoms with Crippen molar-refractivity contribution in [3.63, 3.8) is 0 Å². The first-order valence-electron chi connectivity index (χ1n) is 5.48. The van der Waals surface area contributed by atoms with E-state index >= 15 is 0 Å². The van der Waals surface area contributed by atoms with Gasteiger partial charge in [-0.3, -0.25) is 0 Å². The summed E-state index contributed by atoms with van der Waals surface area (Å²) < 4.78 is 26.0. The van der Waals surface area contributed by atoms with Crippen LogP contribution in [-0.2, 0) is 0 Å². The lowest BCUT2D eigenvalue weighted by Crippen LogP contribution is -2.22. The molecule has 1 aromatic rings. The molecule has 0 bridgehead atoms. The van der Waals surface area contributed by atoms with Gasteiger partial charge in [0.25, 0.3) is 0 Å². The molecule has 90 valence electrons. The monoisotopic (exact) mass is 247 g/mol. The molecule has 1 rings (SSSR count). The molecule has 1 unspecified atom stereocenters. The van der Waals surface area contributed by atoms with Crippen molar-refractivity contribution in [1.82, 2.24) is 5.32 Å². The van der Waals surface area contributed by atoms with Crippen LogP contribution in [0, 0.1) is 11.6 Å². The van der Waals surface area contributed by atoms with Crippen LogP contribution in [-0.4, -0.2) is 6.54 Å². The van der Waals surface area contributed by atoms with Crippen molar-refractivity contribution in [2.75, 3.05) is 6.54 Å². The predicted octanol–water partition coefficient (Wildman–Crippen LogP) is 4.07.